The van der Waals surface area contributed by atoms with Crippen molar-refractivity contribution >= 4 is 51.9 Å². The van der Waals surface area contributed by atoms with Crippen LogP contribution in [0.3, 0.4) is 0 Å². The van der Waals surface area contributed by atoms with E-state index < -0.39 is 0 Å². The number of hydrogen-bond acceptors (Lipinski definition) is 6. The summed E-state index contributed by atoms with van der Waals surface area (Å²) in [6.45, 7) is 1.54. The molecular formula is C22H22ClNO4S2. The minimum atomic E-state index is -0.0804. The first-order valence-corrected chi connectivity index (χ1v) is 10.9. The molecule has 1 heterocycles. The fourth-order valence-electron chi connectivity index (χ4n) is 2.85. The van der Waals surface area contributed by atoms with Crippen molar-refractivity contribution in [3.63, 3.8) is 0 Å². The number of nitrogens with zero attached hydrogens (tertiary/aromatic N) is 1. The summed E-state index contributed by atoms with van der Waals surface area (Å²) in [6.07, 6.45) is 2.56. The third-order valence-corrected chi connectivity index (χ3v) is 6.03. The maximum Gasteiger partial charge on any atom is 0.266 e. The molecule has 5 nitrogen and oxygen atoms in total. The van der Waals surface area contributed by atoms with Gasteiger partial charge < -0.3 is 14.2 Å². The van der Waals surface area contributed by atoms with Crippen LogP contribution in [0.5, 0.6) is 11.5 Å². The Labute approximate surface area is 190 Å². The van der Waals surface area contributed by atoms with Crippen LogP contribution in [0.15, 0.2) is 47.4 Å². The Morgan fingerprint density at radius 2 is 1.90 bits per heavy atom. The molecule has 1 saturated heterocycles. The lowest BCUT2D eigenvalue weighted by Crippen LogP contribution is -2.29. The Morgan fingerprint density at radius 1 is 1.13 bits per heavy atom. The Hall–Kier alpha value is -2.06. The normalized spacial score (nSPS) is 15.2. The van der Waals surface area contributed by atoms with Crippen LogP contribution in [0.2, 0.25) is 5.02 Å². The van der Waals surface area contributed by atoms with Crippen molar-refractivity contribution in [2.45, 2.75) is 13.0 Å². The second-order valence-corrected chi connectivity index (χ2v) is 8.62. The van der Waals surface area contributed by atoms with Crippen LogP contribution < -0.4 is 9.47 Å². The summed E-state index contributed by atoms with van der Waals surface area (Å²) >= 11 is 12.6. The highest BCUT2D eigenvalue weighted by atomic mass is 35.5. The number of carbonyl (C=O) groups excluding carboxylic acids is 1. The highest BCUT2D eigenvalue weighted by Gasteiger charge is 2.31. The SMILES string of the molecule is COCCCN1C(=O)/C(=C/c2ccc(OCc3ccc(Cl)cc3)c(OC)c2)SC1=S. The van der Waals surface area contributed by atoms with Gasteiger partial charge in [0.2, 0.25) is 0 Å². The highest BCUT2D eigenvalue weighted by molar-refractivity contribution is 8.26. The van der Waals surface area contributed by atoms with E-state index in [0.29, 0.717) is 45.5 Å². The number of halogens is 1. The van der Waals surface area contributed by atoms with Crippen LogP contribution in [0.1, 0.15) is 17.5 Å². The minimum absolute atomic E-state index is 0.0804. The first-order chi connectivity index (χ1) is 14.5. The third kappa shape index (κ3) is 5.76. The predicted molar refractivity (Wildman–Crippen MR) is 125 cm³/mol. The number of thiocarbonyl (C=S) groups is 1. The predicted octanol–water partition coefficient (Wildman–Crippen LogP) is 5.17. The van der Waals surface area contributed by atoms with E-state index in [2.05, 4.69) is 0 Å². The molecule has 1 fully saturated rings. The fraction of sp³-hybridized carbons (Fsp3) is 0.273. The lowest BCUT2D eigenvalue weighted by Gasteiger charge is -2.13. The van der Waals surface area contributed by atoms with Gasteiger partial charge in [0.15, 0.2) is 11.5 Å². The molecule has 1 aliphatic heterocycles. The van der Waals surface area contributed by atoms with Gasteiger partial charge in [-0.25, -0.2) is 0 Å². The molecule has 3 rings (SSSR count). The van der Waals surface area contributed by atoms with Gasteiger partial charge in [-0.3, -0.25) is 9.69 Å². The van der Waals surface area contributed by atoms with Gasteiger partial charge in [-0.2, -0.15) is 0 Å². The molecule has 0 aromatic heterocycles. The van der Waals surface area contributed by atoms with Crippen molar-refractivity contribution in [2.75, 3.05) is 27.4 Å². The number of amides is 1. The van der Waals surface area contributed by atoms with E-state index in [9.17, 15) is 4.79 Å². The van der Waals surface area contributed by atoms with Crippen molar-refractivity contribution in [3.05, 3.63) is 63.5 Å². The molecule has 8 heteroatoms. The van der Waals surface area contributed by atoms with Gasteiger partial charge in [0.25, 0.3) is 5.91 Å². The van der Waals surface area contributed by atoms with Crippen LogP contribution in [0, 0.1) is 0 Å². The molecule has 30 heavy (non-hydrogen) atoms. The molecule has 2 aromatic carbocycles. The molecule has 158 valence electrons. The highest BCUT2D eigenvalue weighted by Crippen LogP contribution is 2.35. The van der Waals surface area contributed by atoms with Gasteiger partial charge in [-0.05, 0) is 47.9 Å². The van der Waals surface area contributed by atoms with Gasteiger partial charge in [0, 0.05) is 25.3 Å². The first-order valence-electron chi connectivity index (χ1n) is 9.31. The molecule has 0 spiro atoms. The molecule has 0 atom stereocenters. The van der Waals surface area contributed by atoms with E-state index in [-0.39, 0.29) is 5.91 Å². The minimum Gasteiger partial charge on any atom is -0.493 e. The van der Waals surface area contributed by atoms with Crippen molar-refractivity contribution < 1.29 is 19.0 Å². The van der Waals surface area contributed by atoms with E-state index in [1.807, 2.05) is 48.5 Å². The number of ether oxygens (including phenoxy) is 3. The maximum atomic E-state index is 12.7. The summed E-state index contributed by atoms with van der Waals surface area (Å²) < 4.78 is 17.0. The standard InChI is InChI=1S/C22H22ClNO4S2/c1-26-11-3-10-24-21(25)20(30-22(24)29)13-16-6-9-18(19(12-16)27-2)28-14-15-4-7-17(23)8-5-15/h4-9,12-13H,3,10-11,14H2,1-2H3/b20-13-. The average Bonchev–Trinajstić information content (AvgIpc) is 3.01. The summed E-state index contributed by atoms with van der Waals surface area (Å²) in [5.41, 5.74) is 1.84. The Balaban J connectivity index is 1.70. The van der Waals surface area contributed by atoms with Gasteiger partial charge in [0.1, 0.15) is 10.9 Å². The summed E-state index contributed by atoms with van der Waals surface area (Å²) in [6, 6.07) is 13.0. The van der Waals surface area contributed by atoms with E-state index >= 15 is 0 Å². The summed E-state index contributed by atoms with van der Waals surface area (Å²) in [7, 11) is 3.23. The summed E-state index contributed by atoms with van der Waals surface area (Å²) in [5.74, 6) is 1.13. The summed E-state index contributed by atoms with van der Waals surface area (Å²) in [5, 5.41) is 0.685. The number of rotatable bonds is 9. The smallest absolute Gasteiger partial charge is 0.266 e. The molecular weight excluding hydrogens is 442 g/mol. The Bertz CT molecular complexity index is 947. The monoisotopic (exact) mass is 463 g/mol. The zero-order valence-electron chi connectivity index (χ0n) is 16.7. The van der Waals surface area contributed by atoms with Gasteiger partial charge in [-0.15, -0.1) is 0 Å². The van der Waals surface area contributed by atoms with Crippen LogP contribution in [-0.2, 0) is 16.1 Å². The maximum absolute atomic E-state index is 12.7. The zero-order valence-corrected chi connectivity index (χ0v) is 19.1. The van der Waals surface area contributed by atoms with E-state index in [1.54, 1.807) is 19.1 Å². The molecule has 1 aliphatic rings. The van der Waals surface area contributed by atoms with Gasteiger partial charge >= 0.3 is 0 Å². The molecule has 2 aromatic rings. The third-order valence-electron chi connectivity index (χ3n) is 4.40. The molecule has 0 bridgehead atoms. The molecule has 0 unspecified atom stereocenters. The lowest BCUT2D eigenvalue weighted by molar-refractivity contribution is -0.122. The van der Waals surface area contributed by atoms with Crippen molar-refractivity contribution in [2.24, 2.45) is 0 Å². The fourth-order valence-corrected chi connectivity index (χ4v) is 4.28. The number of hydrogen-bond donors (Lipinski definition) is 0. The lowest BCUT2D eigenvalue weighted by atomic mass is 10.1. The molecule has 1 amide bonds. The topological polar surface area (TPSA) is 48.0 Å². The van der Waals surface area contributed by atoms with Crippen molar-refractivity contribution in [3.8, 4) is 11.5 Å². The van der Waals surface area contributed by atoms with E-state index in [1.165, 1.54) is 11.8 Å². The largest absolute Gasteiger partial charge is 0.493 e. The Morgan fingerprint density at radius 3 is 2.60 bits per heavy atom. The number of thioether (sulfide) groups is 1. The van der Waals surface area contributed by atoms with E-state index in [4.69, 9.17) is 38.0 Å². The Kier molecular flexibility index (Phi) is 8.16. The van der Waals surface area contributed by atoms with Crippen molar-refractivity contribution in [1.82, 2.24) is 4.90 Å². The average molecular weight is 464 g/mol. The second kappa shape index (κ2) is 10.8. The number of benzene rings is 2. The quantitative estimate of drug-likeness (QED) is 0.290. The van der Waals surface area contributed by atoms with Crippen LogP contribution in [0.4, 0.5) is 0 Å². The molecule has 0 saturated carbocycles. The molecule has 0 radical (unpaired) electrons. The van der Waals surface area contributed by atoms with Crippen molar-refractivity contribution in [1.29, 1.82) is 0 Å². The van der Waals surface area contributed by atoms with Crippen LogP contribution in [-0.4, -0.2) is 42.5 Å². The van der Waals surface area contributed by atoms with Gasteiger partial charge in [0.05, 0.1) is 12.0 Å². The summed E-state index contributed by atoms with van der Waals surface area (Å²) in [4.78, 5) is 14.9. The van der Waals surface area contributed by atoms with Crippen LogP contribution >= 0.6 is 35.6 Å². The first kappa shape index (κ1) is 22.6. The molecule has 0 N–H and O–H groups in total. The second-order valence-electron chi connectivity index (χ2n) is 6.51. The number of carbonyl (C=O) groups is 1. The van der Waals surface area contributed by atoms with Crippen LogP contribution in [0.25, 0.3) is 6.08 Å². The van der Waals surface area contributed by atoms with Gasteiger partial charge in [-0.1, -0.05) is 53.8 Å². The molecule has 0 aliphatic carbocycles. The number of methoxy groups -OCH3 is 2. The zero-order chi connectivity index (χ0) is 21.5. The van der Waals surface area contributed by atoms with E-state index in [0.717, 1.165) is 17.5 Å².